The number of hydrogen-bond acceptors (Lipinski definition) is 4. The van der Waals surface area contributed by atoms with Gasteiger partial charge in [0.15, 0.2) is 0 Å². The van der Waals surface area contributed by atoms with Crippen molar-refractivity contribution in [1.29, 1.82) is 0 Å². The number of likely N-dealkylation sites (tertiary alicyclic amines) is 1. The quantitative estimate of drug-likeness (QED) is 0.861. The van der Waals surface area contributed by atoms with Crippen molar-refractivity contribution in [1.82, 2.24) is 4.90 Å². The van der Waals surface area contributed by atoms with Crippen LogP contribution in [0.4, 0.5) is 0 Å². The molecular formula is C20H21NO5. The highest BCUT2D eigenvalue weighted by Crippen LogP contribution is 2.33. The molecule has 6 heteroatoms. The number of aromatic hydroxyl groups is 1. The summed E-state index contributed by atoms with van der Waals surface area (Å²) in [6.07, 6.45) is 0.388. The van der Waals surface area contributed by atoms with Gasteiger partial charge in [0.1, 0.15) is 18.1 Å². The number of carbonyl (C=O) groups excluding carboxylic acids is 1. The summed E-state index contributed by atoms with van der Waals surface area (Å²) in [5, 5.41) is 19.4. The van der Waals surface area contributed by atoms with Crippen LogP contribution in [0.5, 0.6) is 11.5 Å². The molecule has 2 aromatic rings. The molecule has 26 heavy (non-hydrogen) atoms. The van der Waals surface area contributed by atoms with E-state index in [1.807, 2.05) is 30.3 Å². The lowest BCUT2D eigenvalue weighted by Gasteiger charge is -2.20. The molecule has 1 unspecified atom stereocenters. The standard InChI is InChI=1S/C20H21NO5/c1-20(19(24)25)9-10-21(13-20)18(23)16-11-15(7-8-17(16)22)26-12-14-5-3-2-4-6-14/h2-8,11,22H,9-10,12-13H2,1H3,(H,24,25). The molecule has 0 radical (unpaired) electrons. The third-order valence-corrected chi connectivity index (χ3v) is 4.72. The maximum absolute atomic E-state index is 12.7. The molecule has 6 nitrogen and oxygen atoms in total. The van der Waals surface area contributed by atoms with Gasteiger partial charge in [-0.05, 0) is 37.1 Å². The average Bonchev–Trinajstić information content (AvgIpc) is 3.05. The lowest BCUT2D eigenvalue weighted by molar-refractivity contribution is -0.147. The first-order valence-corrected chi connectivity index (χ1v) is 8.41. The number of nitrogens with zero attached hydrogens (tertiary/aromatic N) is 1. The van der Waals surface area contributed by atoms with Crippen LogP contribution in [0.15, 0.2) is 48.5 Å². The van der Waals surface area contributed by atoms with E-state index in [2.05, 4.69) is 0 Å². The molecule has 1 fully saturated rings. The molecule has 1 amide bonds. The smallest absolute Gasteiger partial charge is 0.311 e. The van der Waals surface area contributed by atoms with Crippen LogP contribution in [0.3, 0.4) is 0 Å². The van der Waals surface area contributed by atoms with Crippen LogP contribution in [-0.2, 0) is 11.4 Å². The number of phenolic OH excluding ortho intramolecular Hbond substituents is 1. The fourth-order valence-corrected chi connectivity index (χ4v) is 3.00. The topological polar surface area (TPSA) is 87.1 Å². The minimum absolute atomic E-state index is 0.116. The van der Waals surface area contributed by atoms with Gasteiger partial charge in [-0.15, -0.1) is 0 Å². The number of carboxylic acid groups (broad SMARTS) is 1. The van der Waals surface area contributed by atoms with Gasteiger partial charge in [-0.1, -0.05) is 30.3 Å². The Balaban J connectivity index is 1.73. The summed E-state index contributed by atoms with van der Waals surface area (Å²) in [4.78, 5) is 25.5. The second-order valence-corrected chi connectivity index (χ2v) is 6.80. The SMILES string of the molecule is CC1(C(=O)O)CCN(C(=O)c2cc(OCc3ccccc3)ccc2O)C1. The van der Waals surface area contributed by atoms with Crippen LogP contribution in [0, 0.1) is 5.41 Å². The number of rotatable bonds is 5. The monoisotopic (exact) mass is 355 g/mol. The van der Waals surface area contributed by atoms with Gasteiger partial charge >= 0.3 is 5.97 Å². The third-order valence-electron chi connectivity index (χ3n) is 4.72. The zero-order valence-electron chi connectivity index (χ0n) is 14.5. The van der Waals surface area contributed by atoms with Crippen LogP contribution in [0.25, 0.3) is 0 Å². The number of carboxylic acids is 1. The van der Waals surface area contributed by atoms with Crippen LogP contribution < -0.4 is 4.74 Å². The first-order chi connectivity index (χ1) is 12.4. The largest absolute Gasteiger partial charge is 0.507 e. The van der Waals surface area contributed by atoms with Crippen molar-refractivity contribution >= 4 is 11.9 Å². The number of amides is 1. The highest BCUT2D eigenvalue weighted by atomic mass is 16.5. The van der Waals surface area contributed by atoms with Crippen molar-refractivity contribution < 1.29 is 24.5 Å². The predicted octanol–water partition coefficient (Wildman–Crippen LogP) is 2.91. The minimum Gasteiger partial charge on any atom is -0.507 e. The molecule has 0 bridgehead atoms. The second-order valence-electron chi connectivity index (χ2n) is 6.80. The summed E-state index contributed by atoms with van der Waals surface area (Å²) >= 11 is 0. The van der Waals surface area contributed by atoms with E-state index in [1.54, 1.807) is 13.0 Å². The lowest BCUT2D eigenvalue weighted by Crippen LogP contribution is -2.34. The summed E-state index contributed by atoms with van der Waals surface area (Å²) in [7, 11) is 0. The van der Waals surface area contributed by atoms with Crippen LogP contribution in [-0.4, -0.2) is 40.1 Å². The lowest BCUT2D eigenvalue weighted by atomic mass is 9.90. The first-order valence-electron chi connectivity index (χ1n) is 8.41. The molecule has 2 N–H and O–H groups in total. The Morgan fingerprint density at radius 3 is 2.58 bits per heavy atom. The van der Waals surface area contributed by atoms with Gasteiger partial charge in [-0.3, -0.25) is 9.59 Å². The molecule has 1 atom stereocenters. The summed E-state index contributed by atoms with van der Waals surface area (Å²) in [6, 6.07) is 14.1. The molecule has 136 valence electrons. The van der Waals surface area contributed by atoms with E-state index in [0.29, 0.717) is 25.3 Å². The van der Waals surface area contributed by atoms with Gasteiger partial charge in [-0.25, -0.2) is 0 Å². The number of aliphatic carboxylic acids is 1. The molecule has 1 aliphatic rings. The Bertz CT molecular complexity index is 820. The molecule has 3 rings (SSSR count). The molecule has 0 saturated carbocycles. The maximum atomic E-state index is 12.7. The Kier molecular flexibility index (Phi) is 4.84. The van der Waals surface area contributed by atoms with Gasteiger partial charge in [0.05, 0.1) is 11.0 Å². The van der Waals surface area contributed by atoms with Crippen molar-refractivity contribution in [3.63, 3.8) is 0 Å². The van der Waals surface area contributed by atoms with Crippen LogP contribution in [0.2, 0.25) is 0 Å². The predicted molar refractivity (Wildman–Crippen MR) is 95.1 cm³/mol. The number of benzene rings is 2. The Hall–Kier alpha value is -3.02. The van der Waals surface area contributed by atoms with Crippen LogP contribution in [0.1, 0.15) is 29.3 Å². The Labute approximate surface area is 151 Å². The molecule has 1 saturated heterocycles. The normalized spacial score (nSPS) is 19.3. The van der Waals surface area contributed by atoms with Gasteiger partial charge < -0.3 is 19.8 Å². The number of ether oxygens (including phenoxy) is 1. The van der Waals surface area contributed by atoms with E-state index in [4.69, 9.17) is 4.74 Å². The molecule has 1 aliphatic heterocycles. The number of phenols is 1. The Morgan fingerprint density at radius 2 is 1.92 bits per heavy atom. The van der Waals surface area contributed by atoms with E-state index in [0.717, 1.165) is 5.56 Å². The van der Waals surface area contributed by atoms with E-state index < -0.39 is 17.3 Å². The van der Waals surface area contributed by atoms with Crippen molar-refractivity contribution in [2.45, 2.75) is 20.0 Å². The van der Waals surface area contributed by atoms with Crippen molar-refractivity contribution in [3.05, 3.63) is 59.7 Å². The minimum atomic E-state index is -0.952. The Morgan fingerprint density at radius 1 is 1.19 bits per heavy atom. The zero-order chi connectivity index (χ0) is 18.7. The third kappa shape index (κ3) is 3.64. The zero-order valence-corrected chi connectivity index (χ0v) is 14.5. The van der Waals surface area contributed by atoms with E-state index in [9.17, 15) is 19.8 Å². The fourth-order valence-electron chi connectivity index (χ4n) is 3.00. The summed E-state index contributed by atoms with van der Waals surface area (Å²) in [6.45, 7) is 2.44. The number of carbonyl (C=O) groups is 2. The molecule has 0 spiro atoms. The van der Waals surface area contributed by atoms with Crippen molar-refractivity contribution in [2.24, 2.45) is 5.41 Å². The highest BCUT2D eigenvalue weighted by molar-refractivity contribution is 5.98. The van der Waals surface area contributed by atoms with Crippen LogP contribution >= 0.6 is 0 Å². The molecule has 2 aromatic carbocycles. The van der Waals surface area contributed by atoms with E-state index in [-0.39, 0.29) is 17.9 Å². The summed E-state index contributed by atoms with van der Waals surface area (Å²) in [5.74, 6) is -0.990. The molecule has 0 aromatic heterocycles. The van der Waals surface area contributed by atoms with Gasteiger partial charge in [-0.2, -0.15) is 0 Å². The van der Waals surface area contributed by atoms with E-state index in [1.165, 1.54) is 17.0 Å². The fraction of sp³-hybridized carbons (Fsp3) is 0.300. The average molecular weight is 355 g/mol. The van der Waals surface area contributed by atoms with Crippen molar-refractivity contribution in [3.8, 4) is 11.5 Å². The summed E-state index contributed by atoms with van der Waals surface area (Å²) in [5.41, 5.74) is 0.155. The van der Waals surface area contributed by atoms with E-state index >= 15 is 0 Å². The first kappa shape index (κ1) is 17.8. The second kappa shape index (κ2) is 7.07. The molecular weight excluding hydrogens is 334 g/mol. The maximum Gasteiger partial charge on any atom is 0.311 e. The highest BCUT2D eigenvalue weighted by Gasteiger charge is 2.42. The number of hydrogen-bond donors (Lipinski definition) is 2. The van der Waals surface area contributed by atoms with Crippen molar-refractivity contribution in [2.75, 3.05) is 13.1 Å². The van der Waals surface area contributed by atoms with Gasteiger partial charge in [0.2, 0.25) is 0 Å². The van der Waals surface area contributed by atoms with Gasteiger partial charge in [0.25, 0.3) is 5.91 Å². The molecule has 1 heterocycles. The summed E-state index contributed by atoms with van der Waals surface area (Å²) < 4.78 is 5.70. The van der Waals surface area contributed by atoms with Gasteiger partial charge in [0, 0.05) is 13.1 Å². The molecule has 0 aliphatic carbocycles.